The Hall–Kier alpha value is -2.34. The molecule has 0 radical (unpaired) electrons. The van der Waals surface area contributed by atoms with Crippen LogP contribution in [0.15, 0.2) is 29.5 Å². The highest BCUT2D eigenvalue weighted by molar-refractivity contribution is 5.94. The molecular weight excluding hydrogens is 330 g/mol. The van der Waals surface area contributed by atoms with Gasteiger partial charge in [0.2, 0.25) is 0 Å². The summed E-state index contributed by atoms with van der Waals surface area (Å²) in [6.45, 7) is 9.38. The van der Waals surface area contributed by atoms with Crippen LogP contribution in [0.1, 0.15) is 37.0 Å². The Morgan fingerprint density at radius 3 is 2.58 bits per heavy atom. The predicted octanol–water partition coefficient (Wildman–Crippen LogP) is 2.64. The molecule has 0 bridgehead atoms. The fourth-order valence-electron chi connectivity index (χ4n) is 3.23. The molecule has 1 aliphatic rings. The third-order valence-corrected chi connectivity index (χ3v) is 4.51. The number of rotatable bonds is 7. The van der Waals surface area contributed by atoms with Gasteiger partial charge in [-0.2, -0.15) is 0 Å². The lowest BCUT2D eigenvalue weighted by Crippen LogP contribution is -2.51. The molecule has 6 heteroatoms. The molecule has 0 aliphatic carbocycles. The van der Waals surface area contributed by atoms with E-state index in [-0.39, 0.29) is 18.0 Å². The molecular formula is C20H29N3O3. The van der Waals surface area contributed by atoms with E-state index in [1.54, 1.807) is 6.92 Å². The van der Waals surface area contributed by atoms with Crippen molar-refractivity contribution in [2.75, 3.05) is 20.2 Å². The van der Waals surface area contributed by atoms with Gasteiger partial charge in [0, 0.05) is 18.8 Å². The molecule has 1 aromatic carbocycles. The third-order valence-electron chi connectivity index (χ3n) is 4.51. The van der Waals surface area contributed by atoms with E-state index in [1.165, 1.54) is 16.7 Å². The molecule has 2 amide bonds. The maximum Gasteiger partial charge on any atom is 0.337 e. The van der Waals surface area contributed by atoms with Gasteiger partial charge >= 0.3 is 12.0 Å². The first kappa shape index (κ1) is 20.0. The molecule has 142 valence electrons. The zero-order valence-electron chi connectivity index (χ0n) is 16.3. The Morgan fingerprint density at radius 1 is 1.23 bits per heavy atom. The first-order valence-electron chi connectivity index (χ1n) is 9.08. The average Bonchev–Trinajstić information content (AvgIpc) is 2.56. The number of ether oxygens (including phenoxy) is 1. The summed E-state index contributed by atoms with van der Waals surface area (Å²) < 4.78 is 5.20. The SMILES string of the molecule is CCOC(=O)C1=C(CN(C)Cc2ccc(C)cc2C)NC(=O)NC1CC. The Balaban J connectivity index is 2.23. The van der Waals surface area contributed by atoms with Crippen LogP contribution in [-0.2, 0) is 16.1 Å². The highest BCUT2D eigenvalue weighted by Gasteiger charge is 2.31. The summed E-state index contributed by atoms with van der Waals surface area (Å²) >= 11 is 0. The van der Waals surface area contributed by atoms with Crippen molar-refractivity contribution in [3.63, 3.8) is 0 Å². The number of hydrogen-bond donors (Lipinski definition) is 2. The Morgan fingerprint density at radius 2 is 1.96 bits per heavy atom. The van der Waals surface area contributed by atoms with Crippen molar-refractivity contribution in [3.8, 4) is 0 Å². The number of aryl methyl sites for hydroxylation is 2. The first-order chi connectivity index (χ1) is 12.3. The number of hydrogen-bond acceptors (Lipinski definition) is 4. The lowest BCUT2D eigenvalue weighted by atomic mass is 9.99. The van der Waals surface area contributed by atoms with Crippen LogP contribution < -0.4 is 10.6 Å². The summed E-state index contributed by atoms with van der Waals surface area (Å²) in [5, 5.41) is 5.59. The Kier molecular flexibility index (Phi) is 6.80. The smallest absolute Gasteiger partial charge is 0.337 e. The van der Waals surface area contributed by atoms with E-state index >= 15 is 0 Å². The molecule has 1 heterocycles. The highest BCUT2D eigenvalue weighted by Crippen LogP contribution is 2.19. The van der Waals surface area contributed by atoms with Crippen molar-refractivity contribution in [2.45, 2.75) is 46.7 Å². The standard InChI is InChI=1S/C20H29N3O3/c1-6-16-18(19(24)26-7-2)17(22-20(25)21-16)12-23(5)11-15-9-8-13(3)10-14(15)4/h8-10,16H,6-7,11-12H2,1-5H3,(H2,21,22,25). The van der Waals surface area contributed by atoms with Crippen molar-refractivity contribution in [2.24, 2.45) is 0 Å². The van der Waals surface area contributed by atoms with Crippen LogP contribution in [-0.4, -0.2) is 43.1 Å². The summed E-state index contributed by atoms with van der Waals surface area (Å²) in [5.74, 6) is -0.373. The van der Waals surface area contributed by atoms with E-state index in [0.29, 0.717) is 30.8 Å². The zero-order valence-corrected chi connectivity index (χ0v) is 16.3. The predicted molar refractivity (Wildman–Crippen MR) is 102 cm³/mol. The van der Waals surface area contributed by atoms with Crippen LogP contribution in [0, 0.1) is 13.8 Å². The van der Waals surface area contributed by atoms with Gasteiger partial charge in [0.15, 0.2) is 0 Å². The van der Waals surface area contributed by atoms with Gasteiger partial charge in [0.25, 0.3) is 0 Å². The molecule has 2 rings (SSSR count). The van der Waals surface area contributed by atoms with Crippen molar-refractivity contribution in [1.29, 1.82) is 0 Å². The van der Waals surface area contributed by atoms with E-state index in [0.717, 1.165) is 6.54 Å². The third kappa shape index (κ3) is 4.85. The number of amides is 2. The van der Waals surface area contributed by atoms with E-state index in [4.69, 9.17) is 4.74 Å². The number of benzene rings is 1. The largest absolute Gasteiger partial charge is 0.463 e. The van der Waals surface area contributed by atoms with Gasteiger partial charge in [0.05, 0.1) is 18.2 Å². The average molecular weight is 359 g/mol. The molecule has 2 N–H and O–H groups in total. The highest BCUT2D eigenvalue weighted by atomic mass is 16.5. The van der Waals surface area contributed by atoms with E-state index < -0.39 is 0 Å². The number of nitrogens with zero attached hydrogens (tertiary/aromatic N) is 1. The van der Waals surface area contributed by atoms with Crippen LogP contribution in [0.3, 0.4) is 0 Å². The van der Waals surface area contributed by atoms with Gasteiger partial charge in [-0.3, -0.25) is 4.90 Å². The van der Waals surface area contributed by atoms with Gasteiger partial charge in [-0.25, -0.2) is 9.59 Å². The molecule has 1 aliphatic heterocycles. The topological polar surface area (TPSA) is 70.7 Å². The summed E-state index contributed by atoms with van der Waals surface area (Å²) in [6.07, 6.45) is 0.631. The Bertz CT molecular complexity index is 712. The van der Waals surface area contributed by atoms with Crippen molar-refractivity contribution < 1.29 is 14.3 Å². The quantitative estimate of drug-likeness (QED) is 0.734. The molecule has 0 saturated heterocycles. The molecule has 1 aromatic rings. The second-order valence-electron chi connectivity index (χ2n) is 6.77. The molecule has 0 fully saturated rings. The summed E-state index contributed by atoms with van der Waals surface area (Å²) in [6, 6.07) is 5.77. The molecule has 0 aromatic heterocycles. The molecule has 26 heavy (non-hydrogen) atoms. The summed E-state index contributed by atoms with van der Waals surface area (Å²) in [4.78, 5) is 26.5. The summed E-state index contributed by atoms with van der Waals surface area (Å²) in [5.41, 5.74) is 4.83. The number of nitrogens with one attached hydrogen (secondary N) is 2. The van der Waals surface area contributed by atoms with Crippen LogP contribution in [0.25, 0.3) is 0 Å². The second kappa shape index (κ2) is 8.85. The van der Waals surface area contributed by atoms with E-state index in [9.17, 15) is 9.59 Å². The zero-order chi connectivity index (χ0) is 19.3. The second-order valence-corrected chi connectivity index (χ2v) is 6.77. The number of likely N-dealkylation sites (N-methyl/N-ethyl adjacent to an activating group) is 1. The van der Waals surface area contributed by atoms with Gasteiger partial charge in [0.1, 0.15) is 0 Å². The Labute approximate surface area is 155 Å². The monoisotopic (exact) mass is 359 g/mol. The van der Waals surface area contributed by atoms with E-state index in [2.05, 4.69) is 47.6 Å². The van der Waals surface area contributed by atoms with Crippen molar-refractivity contribution in [1.82, 2.24) is 15.5 Å². The molecule has 6 nitrogen and oxygen atoms in total. The van der Waals surface area contributed by atoms with Crippen LogP contribution in [0.4, 0.5) is 4.79 Å². The van der Waals surface area contributed by atoms with Crippen LogP contribution >= 0.6 is 0 Å². The maximum atomic E-state index is 12.4. The lowest BCUT2D eigenvalue weighted by Gasteiger charge is -2.30. The normalized spacial score (nSPS) is 17.2. The van der Waals surface area contributed by atoms with Crippen LogP contribution in [0.2, 0.25) is 0 Å². The summed E-state index contributed by atoms with van der Waals surface area (Å²) in [7, 11) is 1.98. The van der Waals surface area contributed by atoms with Gasteiger partial charge in [-0.1, -0.05) is 30.7 Å². The molecule has 0 spiro atoms. The maximum absolute atomic E-state index is 12.4. The van der Waals surface area contributed by atoms with E-state index in [1.807, 2.05) is 14.0 Å². The van der Waals surface area contributed by atoms with Crippen molar-refractivity contribution in [3.05, 3.63) is 46.2 Å². The lowest BCUT2D eigenvalue weighted by molar-refractivity contribution is -0.139. The van der Waals surface area contributed by atoms with Crippen LogP contribution in [0.5, 0.6) is 0 Å². The van der Waals surface area contributed by atoms with Crippen molar-refractivity contribution >= 4 is 12.0 Å². The minimum Gasteiger partial charge on any atom is -0.463 e. The fraction of sp³-hybridized carbons (Fsp3) is 0.500. The fourth-order valence-corrected chi connectivity index (χ4v) is 3.23. The van der Waals surface area contributed by atoms with Gasteiger partial charge in [-0.05, 0) is 45.4 Å². The number of carbonyl (C=O) groups is 2. The minimum atomic E-state index is -0.373. The first-order valence-corrected chi connectivity index (χ1v) is 9.08. The molecule has 0 saturated carbocycles. The molecule has 1 unspecified atom stereocenters. The minimum absolute atomic E-state index is 0.278. The molecule has 1 atom stereocenters. The number of urea groups is 1. The van der Waals surface area contributed by atoms with Gasteiger partial charge < -0.3 is 15.4 Å². The number of esters is 1. The number of carbonyl (C=O) groups excluding carboxylic acids is 2. The van der Waals surface area contributed by atoms with Gasteiger partial charge in [-0.15, -0.1) is 0 Å².